The van der Waals surface area contributed by atoms with Crippen LogP contribution in [0.4, 0.5) is 0 Å². The highest BCUT2D eigenvalue weighted by Crippen LogP contribution is 2.29. The van der Waals surface area contributed by atoms with Crippen molar-refractivity contribution in [1.82, 2.24) is 0 Å². The molecular weight excluding hydrogens is 132 g/mol. The lowest BCUT2D eigenvalue weighted by Crippen LogP contribution is -2.13. The number of cyclic esters (lactones) is 1. The number of hydrogen-bond donors (Lipinski definition) is 0. The predicted molar refractivity (Wildman–Crippen MR) is 33.4 cm³/mol. The summed E-state index contributed by atoms with van der Waals surface area (Å²) in [5.41, 5.74) is 0. The summed E-state index contributed by atoms with van der Waals surface area (Å²) in [6.07, 6.45) is 1.11. The molecule has 3 heteroatoms. The van der Waals surface area contributed by atoms with E-state index in [0.29, 0.717) is 0 Å². The fourth-order valence-corrected chi connectivity index (χ4v) is 1.26. The minimum absolute atomic E-state index is 0.0579. The maximum absolute atomic E-state index is 10.8. The normalized spacial score (nSPS) is 45.3. The lowest BCUT2D eigenvalue weighted by atomic mass is 10.1. The third-order valence-electron chi connectivity index (χ3n) is 2.03. The smallest absolute Gasteiger partial charge is 0.309 e. The molecule has 0 bridgehead atoms. The highest BCUT2D eigenvalue weighted by molar-refractivity contribution is 5.74. The second-order valence-electron chi connectivity index (χ2n) is 2.98. The van der Waals surface area contributed by atoms with Gasteiger partial charge in [-0.15, -0.1) is 0 Å². The average molecular weight is 142 g/mol. The Morgan fingerprint density at radius 3 is 2.60 bits per heavy atom. The molecule has 0 aromatic carbocycles. The van der Waals surface area contributed by atoms with Crippen molar-refractivity contribution in [2.45, 2.75) is 25.6 Å². The van der Waals surface area contributed by atoms with E-state index >= 15 is 0 Å². The number of rotatable bonds is 1. The van der Waals surface area contributed by atoms with Crippen LogP contribution in [-0.4, -0.2) is 24.8 Å². The first kappa shape index (κ1) is 6.16. The summed E-state index contributed by atoms with van der Waals surface area (Å²) in [6.45, 7) is 2.66. The van der Waals surface area contributed by atoms with Gasteiger partial charge in [-0.1, -0.05) is 6.92 Å². The van der Waals surface area contributed by atoms with Crippen molar-refractivity contribution in [2.24, 2.45) is 5.92 Å². The zero-order valence-electron chi connectivity index (χ0n) is 5.87. The Kier molecular flexibility index (Phi) is 1.20. The molecule has 56 valence electrons. The van der Waals surface area contributed by atoms with Gasteiger partial charge in [0.15, 0.2) is 0 Å². The van der Waals surface area contributed by atoms with E-state index in [2.05, 4.69) is 0 Å². The second kappa shape index (κ2) is 1.95. The number of ether oxygens (including phenoxy) is 2. The van der Waals surface area contributed by atoms with Gasteiger partial charge in [-0.2, -0.15) is 0 Å². The molecule has 0 unspecified atom stereocenters. The van der Waals surface area contributed by atoms with Crippen molar-refractivity contribution >= 4 is 5.97 Å². The van der Waals surface area contributed by atoms with Gasteiger partial charge in [-0.3, -0.25) is 4.79 Å². The van der Waals surface area contributed by atoms with Crippen LogP contribution in [-0.2, 0) is 14.3 Å². The number of esters is 1. The van der Waals surface area contributed by atoms with Crippen molar-refractivity contribution in [3.63, 3.8) is 0 Å². The lowest BCUT2D eigenvalue weighted by molar-refractivity contribution is -0.144. The first-order valence-corrected chi connectivity index (χ1v) is 3.59. The van der Waals surface area contributed by atoms with E-state index in [0.717, 1.165) is 13.0 Å². The monoisotopic (exact) mass is 142 g/mol. The quantitative estimate of drug-likeness (QED) is 0.391. The molecule has 0 saturated carbocycles. The fraction of sp³-hybridized carbons (Fsp3) is 0.857. The van der Waals surface area contributed by atoms with E-state index in [-0.39, 0.29) is 24.1 Å². The number of carbonyl (C=O) groups is 1. The van der Waals surface area contributed by atoms with Gasteiger partial charge in [0.05, 0.1) is 12.5 Å². The van der Waals surface area contributed by atoms with Crippen LogP contribution in [0.1, 0.15) is 13.3 Å². The van der Waals surface area contributed by atoms with Crippen LogP contribution < -0.4 is 0 Å². The third kappa shape index (κ3) is 0.904. The van der Waals surface area contributed by atoms with Crippen molar-refractivity contribution in [1.29, 1.82) is 0 Å². The summed E-state index contributed by atoms with van der Waals surface area (Å²) < 4.78 is 10.0. The lowest BCUT2D eigenvalue weighted by Gasteiger charge is -2.01. The van der Waals surface area contributed by atoms with Crippen LogP contribution in [0.5, 0.6) is 0 Å². The number of carbonyl (C=O) groups excluding carboxylic acids is 1. The molecule has 3 atom stereocenters. The van der Waals surface area contributed by atoms with Gasteiger partial charge in [0.2, 0.25) is 0 Å². The summed E-state index contributed by atoms with van der Waals surface area (Å²) in [6, 6.07) is 0. The maximum atomic E-state index is 10.8. The molecule has 0 radical (unpaired) electrons. The molecule has 3 nitrogen and oxygen atoms in total. The maximum Gasteiger partial charge on any atom is 0.309 e. The Hall–Kier alpha value is -0.570. The van der Waals surface area contributed by atoms with Gasteiger partial charge in [-0.05, 0) is 0 Å². The van der Waals surface area contributed by atoms with Crippen molar-refractivity contribution in [2.75, 3.05) is 6.61 Å². The van der Waals surface area contributed by atoms with Gasteiger partial charge in [0.25, 0.3) is 0 Å². The Balaban J connectivity index is 1.97. The van der Waals surface area contributed by atoms with E-state index in [1.807, 2.05) is 6.92 Å². The van der Waals surface area contributed by atoms with Gasteiger partial charge in [0, 0.05) is 6.42 Å². The standard InChI is InChI=1S/C7H10O3/c1-4-2-5(6-3-9-6)10-7(4)8/h4-6H,2-3H2,1H3/t4-,5+,6+/m1/s1. The SMILES string of the molecule is C[C@@H]1C[C@@H]([C@@H]2CO2)OC1=O. The van der Waals surface area contributed by atoms with Gasteiger partial charge < -0.3 is 9.47 Å². The molecule has 0 spiro atoms. The molecule has 0 amide bonds. The highest BCUT2D eigenvalue weighted by atomic mass is 16.6. The Bertz CT molecular complexity index is 162. The molecule has 0 aromatic heterocycles. The second-order valence-corrected chi connectivity index (χ2v) is 2.98. The first-order valence-electron chi connectivity index (χ1n) is 3.59. The first-order chi connectivity index (χ1) is 4.77. The summed E-state index contributed by atoms with van der Waals surface area (Å²) in [5, 5.41) is 0. The molecule has 0 aliphatic carbocycles. The van der Waals surface area contributed by atoms with Crippen molar-refractivity contribution < 1.29 is 14.3 Å². The zero-order chi connectivity index (χ0) is 7.14. The third-order valence-corrected chi connectivity index (χ3v) is 2.03. The van der Waals surface area contributed by atoms with Crippen LogP contribution in [0.15, 0.2) is 0 Å². The van der Waals surface area contributed by atoms with E-state index in [1.54, 1.807) is 0 Å². The molecule has 2 fully saturated rings. The van der Waals surface area contributed by atoms with E-state index in [4.69, 9.17) is 9.47 Å². The zero-order valence-corrected chi connectivity index (χ0v) is 5.87. The summed E-state index contributed by atoms with van der Waals surface area (Å²) in [4.78, 5) is 10.8. The van der Waals surface area contributed by atoms with Gasteiger partial charge in [0.1, 0.15) is 12.2 Å². The Labute approximate surface area is 59.3 Å². The highest BCUT2D eigenvalue weighted by Gasteiger charge is 2.42. The molecule has 2 heterocycles. The minimum Gasteiger partial charge on any atom is -0.459 e. The minimum atomic E-state index is -0.0690. The molecule has 2 saturated heterocycles. The van der Waals surface area contributed by atoms with Crippen LogP contribution in [0.25, 0.3) is 0 Å². The molecule has 2 rings (SSSR count). The molecule has 10 heavy (non-hydrogen) atoms. The largest absolute Gasteiger partial charge is 0.459 e. The molecular formula is C7H10O3. The summed E-state index contributed by atoms with van der Waals surface area (Å²) in [5.74, 6) is 0.00898. The number of hydrogen-bond acceptors (Lipinski definition) is 3. The molecule has 2 aliphatic rings. The molecule has 0 aromatic rings. The van der Waals surface area contributed by atoms with Crippen LogP contribution >= 0.6 is 0 Å². The van der Waals surface area contributed by atoms with Crippen LogP contribution in [0, 0.1) is 5.92 Å². The molecule has 2 aliphatic heterocycles. The van der Waals surface area contributed by atoms with Crippen molar-refractivity contribution in [3.8, 4) is 0 Å². The summed E-state index contributed by atoms with van der Waals surface area (Å²) in [7, 11) is 0. The van der Waals surface area contributed by atoms with Crippen molar-refractivity contribution in [3.05, 3.63) is 0 Å². The topological polar surface area (TPSA) is 38.8 Å². The molecule has 0 N–H and O–H groups in total. The number of epoxide rings is 1. The van der Waals surface area contributed by atoms with E-state index < -0.39 is 0 Å². The van der Waals surface area contributed by atoms with Gasteiger partial charge in [-0.25, -0.2) is 0 Å². The van der Waals surface area contributed by atoms with E-state index in [9.17, 15) is 4.79 Å². The fourth-order valence-electron chi connectivity index (χ4n) is 1.26. The van der Waals surface area contributed by atoms with E-state index in [1.165, 1.54) is 0 Å². The van der Waals surface area contributed by atoms with Crippen LogP contribution in [0.2, 0.25) is 0 Å². The van der Waals surface area contributed by atoms with Gasteiger partial charge >= 0.3 is 5.97 Å². The Morgan fingerprint density at radius 1 is 1.50 bits per heavy atom. The summed E-state index contributed by atoms with van der Waals surface area (Å²) >= 11 is 0. The predicted octanol–water partition coefficient (Wildman–Crippen LogP) is 0.337. The average Bonchev–Trinajstić information content (AvgIpc) is 2.64. The Morgan fingerprint density at radius 2 is 2.20 bits per heavy atom. The van der Waals surface area contributed by atoms with Crippen LogP contribution in [0.3, 0.4) is 0 Å².